The van der Waals surface area contributed by atoms with Gasteiger partial charge in [0.25, 0.3) is 0 Å². The van der Waals surface area contributed by atoms with Crippen LogP contribution in [0, 0.1) is 0 Å². The van der Waals surface area contributed by atoms with E-state index in [1.807, 2.05) is 18.7 Å². The van der Waals surface area contributed by atoms with Crippen LogP contribution in [0.2, 0.25) is 0 Å². The summed E-state index contributed by atoms with van der Waals surface area (Å²) in [5.74, 6) is 0. The van der Waals surface area contributed by atoms with Crippen LogP contribution < -0.4 is 16.0 Å². The Kier molecular flexibility index (Phi) is 6.26. The van der Waals surface area contributed by atoms with Crippen LogP contribution in [0.4, 0.5) is 4.79 Å². The SMILES string of the molecule is CC1(C)CN(C(=O)NCCCNC2CCCCN2)CCO1. The molecular formula is C15H30N4O2. The molecule has 1 atom stereocenters. The quantitative estimate of drug-likeness (QED) is 0.660. The van der Waals surface area contributed by atoms with Gasteiger partial charge >= 0.3 is 6.03 Å². The van der Waals surface area contributed by atoms with E-state index in [0.717, 1.165) is 26.1 Å². The van der Waals surface area contributed by atoms with Gasteiger partial charge in [-0.1, -0.05) is 0 Å². The second-order valence-electron chi connectivity index (χ2n) is 6.57. The fraction of sp³-hybridized carbons (Fsp3) is 0.933. The van der Waals surface area contributed by atoms with E-state index in [4.69, 9.17) is 4.74 Å². The summed E-state index contributed by atoms with van der Waals surface area (Å²) < 4.78 is 5.62. The lowest BCUT2D eigenvalue weighted by Crippen LogP contribution is -2.53. The van der Waals surface area contributed by atoms with Gasteiger partial charge in [-0.05, 0) is 52.6 Å². The largest absolute Gasteiger partial charge is 0.372 e. The van der Waals surface area contributed by atoms with Crippen LogP contribution in [-0.4, -0.2) is 62.0 Å². The third-order valence-electron chi connectivity index (χ3n) is 4.04. The van der Waals surface area contributed by atoms with E-state index in [1.165, 1.54) is 19.3 Å². The van der Waals surface area contributed by atoms with Crippen molar-refractivity contribution in [3.05, 3.63) is 0 Å². The molecule has 0 aromatic heterocycles. The highest BCUT2D eigenvalue weighted by molar-refractivity contribution is 5.74. The lowest BCUT2D eigenvalue weighted by Gasteiger charge is -2.38. The monoisotopic (exact) mass is 298 g/mol. The Bertz CT molecular complexity index is 330. The zero-order chi connectivity index (χ0) is 15.1. The van der Waals surface area contributed by atoms with Crippen molar-refractivity contribution < 1.29 is 9.53 Å². The molecule has 1 unspecified atom stereocenters. The number of hydrogen-bond donors (Lipinski definition) is 3. The number of hydrogen-bond acceptors (Lipinski definition) is 4. The van der Waals surface area contributed by atoms with Gasteiger partial charge in [-0.2, -0.15) is 0 Å². The van der Waals surface area contributed by atoms with E-state index in [-0.39, 0.29) is 11.6 Å². The first-order valence-electron chi connectivity index (χ1n) is 8.20. The van der Waals surface area contributed by atoms with Gasteiger partial charge in [-0.3, -0.25) is 0 Å². The van der Waals surface area contributed by atoms with Gasteiger partial charge < -0.3 is 25.6 Å². The number of morpholine rings is 1. The van der Waals surface area contributed by atoms with Crippen LogP contribution in [-0.2, 0) is 4.74 Å². The molecule has 2 rings (SSSR count). The molecule has 2 heterocycles. The normalized spacial score (nSPS) is 25.6. The molecule has 0 aliphatic carbocycles. The van der Waals surface area contributed by atoms with Gasteiger partial charge in [-0.25, -0.2) is 4.79 Å². The Morgan fingerprint density at radius 2 is 2.24 bits per heavy atom. The second-order valence-corrected chi connectivity index (χ2v) is 6.57. The third kappa shape index (κ3) is 5.80. The number of carbonyl (C=O) groups excluding carboxylic acids is 1. The highest BCUT2D eigenvalue weighted by Crippen LogP contribution is 2.16. The van der Waals surface area contributed by atoms with Crippen molar-refractivity contribution in [3.63, 3.8) is 0 Å². The smallest absolute Gasteiger partial charge is 0.317 e. The summed E-state index contributed by atoms with van der Waals surface area (Å²) in [6.45, 7) is 8.77. The Hall–Kier alpha value is -0.850. The zero-order valence-corrected chi connectivity index (χ0v) is 13.4. The van der Waals surface area contributed by atoms with Crippen molar-refractivity contribution in [2.75, 3.05) is 39.3 Å². The fourth-order valence-electron chi connectivity index (χ4n) is 2.89. The number of carbonyl (C=O) groups is 1. The number of piperidine rings is 1. The summed E-state index contributed by atoms with van der Waals surface area (Å²) in [7, 11) is 0. The van der Waals surface area contributed by atoms with E-state index in [1.54, 1.807) is 0 Å². The molecule has 6 nitrogen and oxygen atoms in total. The average molecular weight is 298 g/mol. The van der Waals surface area contributed by atoms with Crippen molar-refractivity contribution >= 4 is 6.03 Å². The van der Waals surface area contributed by atoms with Crippen LogP contribution >= 0.6 is 0 Å². The maximum Gasteiger partial charge on any atom is 0.317 e. The number of rotatable bonds is 5. The molecule has 0 aromatic rings. The highest BCUT2D eigenvalue weighted by Gasteiger charge is 2.29. The predicted octanol–water partition coefficient (Wildman–Crippen LogP) is 0.886. The number of urea groups is 1. The first kappa shape index (κ1) is 16.5. The van der Waals surface area contributed by atoms with Crippen molar-refractivity contribution in [2.24, 2.45) is 0 Å². The van der Waals surface area contributed by atoms with Gasteiger partial charge in [0.1, 0.15) is 0 Å². The minimum Gasteiger partial charge on any atom is -0.372 e. The van der Waals surface area contributed by atoms with E-state index in [0.29, 0.717) is 25.9 Å². The molecule has 2 fully saturated rings. The summed E-state index contributed by atoms with van der Waals surface area (Å²) in [4.78, 5) is 13.9. The molecule has 0 spiro atoms. The van der Waals surface area contributed by atoms with Gasteiger partial charge in [0, 0.05) is 13.1 Å². The molecule has 3 N–H and O–H groups in total. The Balaban J connectivity index is 1.54. The average Bonchev–Trinajstić information content (AvgIpc) is 2.47. The first-order valence-corrected chi connectivity index (χ1v) is 8.20. The van der Waals surface area contributed by atoms with E-state index in [2.05, 4.69) is 16.0 Å². The van der Waals surface area contributed by atoms with E-state index in [9.17, 15) is 4.79 Å². The summed E-state index contributed by atoms with van der Waals surface area (Å²) in [6, 6.07) is 0.0298. The molecule has 0 bridgehead atoms. The van der Waals surface area contributed by atoms with Crippen LogP contribution in [0.1, 0.15) is 39.5 Å². The maximum absolute atomic E-state index is 12.1. The van der Waals surface area contributed by atoms with Crippen LogP contribution in [0.5, 0.6) is 0 Å². The van der Waals surface area contributed by atoms with Crippen LogP contribution in [0.3, 0.4) is 0 Å². The molecule has 6 heteroatoms. The van der Waals surface area contributed by atoms with Gasteiger partial charge in [0.2, 0.25) is 0 Å². The maximum atomic E-state index is 12.1. The Labute approximate surface area is 128 Å². The van der Waals surface area contributed by atoms with Crippen LogP contribution in [0.25, 0.3) is 0 Å². The summed E-state index contributed by atoms with van der Waals surface area (Å²) in [5, 5.41) is 9.95. The van der Waals surface area contributed by atoms with Crippen molar-refractivity contribution in [3.8, 4) is 0 Å². The van der Waals surface area contributed by atoms with Crippen molar-refractivity contribution in [1.82, 2.24) is 20.9 Å². The van der Waals surface area contributed by atoms with Gasteiger partial charge in [0.15, 0.2) is 0 Å². The molecule has 2 amide bonds. The highest BCUT2D eigenvalue weighted by atomic mass is 16.5. The molecule has 21 heavy (non-hydrogen) atoms. The second kappa shape index (κ2) is 7.96. The number of amides is 2. The molecule has 2 aliphatic rings. The molecule has 0 radical (unpaired) electrons. The predicted molar refractivity (Wildman–Crippen MR) is 83.3 cm³/mol. The van der Waals surface area contributed by atoms with Gasteiger partial charge in [0.05, 0.1) is 24.9 Å². The van der Waals surface area contributed by atoms with Crippen molar-refractivity contribution in [1.29, 1.82) is 0 Å². The number of ether oxygens (including phenoxy) is 1. The fourth-order valence-corrected chi connectivity index (χ4v) is 2.89. The van der Waals surface area contributed by atoms with Crippen molar-refractivity contribution in [2.45, 2.75) is 51.3 Å². The Morgan fingerprint density at radius 3 is 2.95 bits per heavy atom. The minimum absolute atomic E-state index is 0.0298. The van der Waals surface area contributed by atoms with E-state index >= 15 is 0 Å². The van der Waals surface area contributed by atoms with Crippen LogP contribution in [0.15, 0.2) is 0 Å². The molecule has 0 aromatic carbocycles. The number of nitrogens with one attached hydrogen (secondary N) is 3. The standard InChI is InChI=1S/C15H30N4O2/c1-15(2)12-19(10-11-21-15)14(20)18-9-5-8-17-13-6-3-4-7-16-13/h13,16-17H,3-12H2,1-2H3,(H,18,20). The number of nitrogens with zero attached hydrogens (tertiary/aromatic N) is 1. The first-order chi connectivity index (χ1) is 10.1. The molecule has 2 saturated heterocycles. The zero-order valence-electron chi connectivity index (χ0n) is 13.4. The minimum atomic E-state index is -0.232. The topological polar surface area (TPSA) is 65.6 Å². The molecular weight excluding hydrogens is 268 g/mol. The third-order valence-corrected chi connectivity index (χ3v) is 4.04. The van der Waals surface area contributed by atoms with E-state index < -0.39 is 0 Å². The molecule has 122 valence electrons. The lowest BCUT2D eigenvalue weighted by atomic mass is 10.1. The van der Waals surface area contributed by atoms with Gasteiger partial charge in [-0.15, -0.1) is 0 Å². The molecule has 0 saturated carbocycles. The summed E-state index contributed by atoms with van der Waals surface area (Å²) in [6.07, 6.45) is 5.19. The Morgan fingerprint density at radius 1 is 1.38 bits per heavy atom. The lowest BCUT2D eigenvalue weighted by molar-refractivity contribution is -0.0733. The molecule has 2 aliphatic heterocycles. The summed E-state index contributed by atoms with van der Waals surface area (Å²) in [5.41, 5.74) is -0.232. The summed E-state index contributed by atoms with van der Waals surface area (Å²) >= 11 is 0.